The van der Waals surface area contributed by atoms with Gasteiger partial charge in [-0.1, -0.05) is 24.3 Å². The number of aromatic carboxylic acids is 1. The average molecular weight is 299 g/mol. The molecule has 0 spiro atoms. The highest BCUT2D eigenvalue weighted by molar-refractivity contribution is 5.87. The largest absolute Gasteiger partial charge is 0.478 e. The number of carboxylic acid groups (broad SMARTS) is 1. The van der Waals surface area contributed by atoms with Crippen LogP contribution in [0, 0.1) is 5.82 Å². The Kier molecular flexibility index (Phi) is 4.20. The summed E-state index contributed by atoms with van der Waals surface area (Å²) in [6.07, 6.45) is 1.07. The van der Waals surface area contributed by atoms with Gasteiger partial charge in [-0.05, 0) is 54.3 Å². The molecular formula is C18H18FNO2. The van der Waals surface area contributed by atoms with Gasteiger partial charge in [0.15, 0.2) is 0 Å². The molecule has 0 aliphatic carbocycles. The van der Waals surface area contributed by atoms with Gasteiger partial charge in [0.1, 0.15) is 5.82 Å². The van der Waals surface area contributed by atoms with Gasteiger partial charge in [0, 0.05) is 13.1 Å². The number of carbonyl (C=O) groups is 1. The molecule has 3 nitrogen and oxygen atoms in total. The van der Waals surface area contributed by atoms with E-state index in [1.165, 1.54) is 17.7 Å². The quantitative estimate of drug-likeness (QED) is 0.939. The van der Waals surface area contributed by atoms with E-state index in [1.807, 2.05) is 24.3 Å². The fraction of sp³-hybridized carbons (Fsp3) is 0.278. The van der Waals surface area contributed by atoms with Gasteiger partial charge in [0.2, 0.25) is 0 Å². The SMILES string of the molecule is O=C(O)c1ccc(CN2CCC(c3ccc(F)cc3)C2)cc1. The average Bonchev–Trinajstić information content (AvgIpc) is 2.97. The second-order valence-corrected chi connectivity index (χ2v) is 5.77. The van der Waals surface area contributed by atoms with Crippen LogP contribution in [0.25, 0.3) is 0 Å². The van der Waals surface area contributed by atoms with Gasteiger partial charge in [-0.25, -0.2) is 9.18 Å². The molecule has 1 atom stereocenters. The third kappa shape index (κ3) is 3.34. The molecular weight excluding hydrogens is 281 g/mol. The molecule has 22 heavy (non-hydrogen) atoms. The Bertz CT molecular complexity index is 652. The maximum absolute atomic E-state index is 13.0. The van der Waals surface area contributed by atoms with Gasteiger partial charge < -0.3 is 5.11 Å². The minimum absolute atomic E-state index is 0.197. The van der Waals surface area contributed by atoms with Crippen LogP contribution in [0.2, 0.25) is 0 Å². The monoisotopic (exact) mass is 299 g/mol. The molecule has 2 aromatic carbocycles. The maximum Gasteiger partial charge on any atom is 0.335 e. The fourth-order valence-corrected chi connectivity index (χ4v) is 2.99. The summed E-state index contributed by atoms with van der Waals surface area (Å²) in [5.41, 5.74) is 2.62. The van der Waals surface area contributed by atoms with Gasteiger partial charge in [0.25, 0.3) is 0 Å². The number of hydrogen-bond donors (Lipinski definition) is 1. The van der Waals surface area contributed by atoms with Gasteiger partial charge in [-0.15, -0.1) is 0 Å². The first-order chi connectivity index (χ1) is 10.6. The van der Waals surface area contributed by atoms with Crippen molar-refractivity contribution < 1.29 is 14.3 Å². The highest BCUT2D eigenvalue weighted by Gasteiger charge is 2.23. The molecule has 1 N–H and O–H groups in total. The third-order valence-corrected chi connectivity index (χ3v) is 4.22. The fourth-order valence-electron chi connectivity index (χ4n) is 2.99. The van der Waals surface area contributed by atoms with Crippen LogP contribution in [0.4, 0.5) is 4.39 Å². The predicted octanol–water partition coefficient (Wildman–Crippen LogP) is 3.51. The van der Waals surface area contributed by atoms with Crippen molar-refractivity contribution >= 4 is 5.97 Å². The topological polar surface area (TPSA) is 40.5 Å². The summed E-state index contributed by atoms with van der Waals surface area (Å²) in [5, 5.41) is 8.90. The van der Waals surface area contributed by atoms with Crippen molar-refractivity contribution in [1.29, 1.82) is 0 Å². The van der Waals surface area contributed by atoms with E-state index in [4.69, 9.17) is 5.11 Å². The number of hydrogen-bond acceptors (Lipinski definition) is 2. The van der Waals surface area contributed by atoms with Crippen molar-refractivity contribution in [3.05, 3.63) is 71.0 Å². The highest BCUT2D eigenvalue weighted by Crippen LogP contribution is 2.28. The van der Waals surface area contributed by atoms with Gasteiger partial charge in [-0.2, -0.15) is 0 Å². The zero-order valence-electron chi connectivity index (χ0n) is 12.2. The van der Waals surface area contributed by atoms with E-state index in [0.717, 1.165) is 31.6 Å². The number of rotatable bonds is 4. The summed E-state index contributed by atoms with van der Waals surface area (Å²) in [7, 11) is 0. The van der Waals surface area contributed by atoms with E-state index in [0.29, 0.717) is 11.5 Å². The van der Waals surface area contributed by atoms with Crippen molar-refractivity contribution in [2.24, 2.45) is 0 Å². The lowest BCUT2D eigenvalue weighted by Gasteiger charge is -2.16. The Hall–Kier alpha value is -2.20. The van der Waals surface area contributed by atoms with Crippen molar-refractivity contribution in [3.8, 4) is 0 Å². The molecule has 0 saturated carbocycles. The van der Waals surface area contributed by atoms with Crippen LogP contribution in [0.15, 0.2) is 48.5 Å². The summed E-state index contributed by atoms with van der Waals surface area (Å²) in [4.78, 5) is 13.2. The van der Waals surface area contributed by atoms with E-state index in [1.54, 1.807) is 12.1 Å². The van der Waals surface area contributed by atoms with Crippen LogP contribution in [-0.2, 0) is 6.54 Å². The lowest BCUT2D eigenvalue weighted by atomic mass is 9.99. The van der Waals surface area contributed by atoms with Gasteiger partial charge >= 0.3 is 5.97 Å². The summed E-state index contributed by atoms with van der Waals surface area (Å²) < 4.78 is 13.0. The first-order valence-corrected chi connectivity index (χ1v) is 7.42. The Balaban J connectivity index is 1.61. The van der Waals surface area contributed by atoms with E-state index < -0.39 is 5.97 Å². The molecule has 1 fully saturated rings. The number of likely N-dealkylation sites (tertiary alicyclic amines) is 1. The van der Waals surface area contributed by atoms with E-state index in [2.05, 4.69) is 4.90 Å². The molecule has 1 heterocycles. The molecule has 2 aromatic rings. The molecule has 4 heteroatoms. The van der Waals surface area contributed by atoms with Gasteiger partial charge in [-0.3, -0.25) is 4.90 Å². The van der Waals surface area contributed by atoms with E-state index in [9.17, 15) is 9.18 Å². The van der Waals surface area contributed by atoms with Crippen LogP contribution < -0.4 is 0 Å². The van der Waals surface area contributed by atoms with E-state index in [-0.39, 0.29) is 5.82 Å². The van der Waals surface area contributed by atoms with Crippen molar-refractivity contribution in [3.63, 3.8) is 0 Å². The van der Waals surface area contributed by atoms with Crippen LogP contribution in [0.1, 0.15) is 33.8 Å². The van der Waals surface area contributed by atoms with Crippen molar-refractivity contribution in [2.45, 2.75) is 18.9 Å². The lowest BCUT2D eigenvalue weighted by molar-refractivity contribution is 0.0697. The zero-order valence-corrected chi connectivity index (χ0v) is 12.2. The van der Waals surface area contributed by atoms with E-state index >= 15 is 0 Å². The predicted molar refractivity (Wildman–Crippen MR) is 82.4 cm³/mol. The number of carboxylic acids is 1. The molecule has 1 unspecified atom stereocenters. The molecule has 0 aromatic heterocycles. The minimum Gasteiger partial charge on any atom is -0.478 e. The first-order valence-electron chi connectivity index (χ1n) is 7.42. The molecule has 114 valence electrons. The minimum atomic E-state index is -0.899. The third-order valence-electron chi connectivity index (χ3n) is 4.22. The van der Waals surface area contributed by atoms with Crippen molar-refractivity contribution in [2.75, 3.05) is 13.1 Å². The smallest absolute Gasteiger partial charge is 0.335 e. The summed E-state index contributed by atoms with van der Waals surface area (Å²) in [6.45, 7) is 2.77. The van der Waals surface area contributed by atoms with Crippen LogP contribution >= 0.6 is 0 Å². The number of halogens is 1. The maximum atomic E-state index is 13.0. The Labute approximate surface area is 129 Å². The highest BCUT2D eigenvalue weighted by atomic mass is 19.1. The second kappa shape index (κ2) is 6.28. The summed E-state index contributed by atoms with van der Waals surface area (Å²) >= 11 is 0. The summed E-state index contributed by atoms with van der Waals surface area (Å²) in [6, 6.07) is 13.8. The standard InChI is InChI=1S/C18H18FNO2/c19-17-7-5-14(6-8-17)16-9-10-20(12-16)11-13-1-3-15(4-2-13)18(21)22/h1-8,16H,9-12H2,(H,21,22). The lowest BCUT2D eigenvalue weighted by Crippen LogP contribution is -2.19. The van der Waals surface area contributed by atoms with Gasteiger partial charge in [0.05, 0.1) is 5.56 Å². The second-order valence-electron chi connectivity index (χ2n) is 5.77. The van der Waals surface area contributed by atoms with Crippen LogP contribution in [-0.4, -0.2) is 29.1 Å². The Morgan fingerprint density at radius 2 is 1.82 bits per heavy atom. The van der Waals surface area contributed by atoms with Crippen LogP contribution in [0.3, 0.4) is 0 Å². The molecule has 0 radical (unpaired) electrons. The first kappa shape index (κ1) is 14.7. The Morgan fingerprint density at radius 1 is 1.14 bits per heavy atom. The summed E-state index contributed by atoms with van der Waals surface area (Å²) in [5.74, 6) is -0.653. The Morgan fingerprint density at radius 3 is 2.45 bits per heavy atom. The van der Waals surface area contributed by atoms with Crippen molar-refractivity contribution in [1.82, 2.24) is 4.90 Å². The molecule has 3 rings (SSSR count). The molecule has 1 aliphatic rings. The molecule has 0 amide bonds. The number of nitrogens with zero attached hydrogens (tertiary/aromatic N) is 1. The molecule has 1 aliphatic heterocycles. The molecule has 1 saturated heterocycles. The number of benzene rings is 2. The normalized spacial score (nSPS) is 18.5. The molecule has 0 bridgehead atoms. The zero-order chi connectivity index (χ0) is 15.5. The van der Waals surface area contributed by atoms with Crippen LogP contribution in [0.5, 0.6) is 0 Å².